The normalized spacial score (nSPS) is 11.9. The van der Waals surface area contributed by atoms with E-state index in [9.17, 15) is 26.7 Å². The summed E-state index contributed by atoms with van der Waals surface area (Å²) in [4.78, 5) is 11.0. The summed E-state index contributed by atoms with van der Waals surface area (Å²) in [6, 6.07) is 2.84. The quantitative estimate of drug-likeness (QED) is 0.583. The summed E-state index contributed by atoms with van der Waals surface area (Å²) in [5.41, 5.74) is -0.694. The number of hydrogen-bond acceptors (Lipinski definition) is 1. The summed E-state index contributed by atoms with van der Waals surface area (Å²) in [6.07, 6.45) is -4.15. The number of carbonyl (C=O) groups is 1. The molecular weight excluding hydrogens is 231 g/mol. The zero-order valence-corrected chi connectivity index (χ0v) is 8.11. The van der Waals surface area contributed by atoms with Gasteiger partial charge in [0, 0.05) is 0 Å². The van der Waals surface area contributed by atoms with Gasteiger partial charge in [-0.05, 0) is 19.1 Å². The highest BCUT2D eigenvalue weighted by Crippen LogP contribution is 2.28. The predicted molar refractivity (Wildman–Crippen MR) is 46.4 cm³/mol. The maximum absolute atomic E-state index is 13.0. The summed E-state index contributed by atoms with van der Waals surface area (Å²) in [5, 5.41) is 0. The molecule has 1 aromatic carbocycles. The average molecular weight is 238 g/mol. The van der Waals surface area contributed by atoms with E-state index in [0.717, 1.165) is 12.1 Å². The standard InChI is InChI=1S/C10H7F5O/c1-5-2-3-7(11)6(4-5)8(16)10(14,15)9(12)13/h2-4,9H,1H3. The van der Waals surface area contributed by atoms with Gasteiger partial charge in [-0.25, -0.2) is 13.2 Å². The Morgan fingerprint density at radius 2 is 1.88 bits per heavy atom. The van der Waals surface area contributed by atoms with E-state index < -0.39 is 29.5 Å². The predicted octanol–water partition coefficient (Wildman–Crippen LogP) is 3.22. The molecule has 0 fully saturated rings. The number of Topliss-reactive ketones (excluding diaryl/α,β-unsaturated/α-hetero) is 1. The molecule has 0 aliphatic heterocycles. The van der Waals surface area contributed by atoms with Gasteiger partial charge in [0.1, 0.15) is 5.82 Å². The SMILES string of the molecule is Cc1ccc(F)c(C(=O)C(F)(F)C(F)F)c1. The van der Waals surface area contributed by atoms with Crippen LogP contribution in [-0.2, 0) is 0 Å². The van der Waals surface area contributed by atoms with Crippen LogP contribution in [0.2, 0.25) is 0 Å². The molecule has 6 heteroatoms. The van der Waals surface area contributed by atoms with Crippen molar-refractivity contribution in [1.29, 1.82) is 0 Å². The van der Waals surface area contributed by atoms with Crippen molar-refractivity contribution in [3.63, 3.8) is 0 Å². The minimum Gasteiger partial charge on any atom is -0.287 e. The lowest BCUT2D eigenvalue weighted by Gasteiger charge is -2.14. The molecule has 88 valence electrons. The van der Waals surface area contributed by atoms with Crippen molar-refractivity contribution in [2.75, 3.05) is 0 Å². The van der Waals surface area contributed by atoms with E-state index in [1.807, 2.05) is 0 Å². The molecule has 0 radical (unpaired) electrons. The van der Waals surface area contributed by atoms with E-state index in [2.05, 4.69) is 0 Å². The van der Waals surface area contributed by atoms with E-state index in [4.69, 9.17) is 0 Å². The molecule has 0 aromatic heterocycles. The molecule has 0 saturated heterocycles. The molecule has 0 atom stereocenters. The Morgan fingerprint density at radius 1 is 1.31 bits per heavy atom. The van der Waals surface area contributed by atoms with Crippen molar-refractivity contribution in [1.82, 2.24) is 0 Å². The van der Waals surface area contributed by atoms with Gasteiger partial charge in [-0.1, -0.05) is 11.6 Å². The van der Waals surface area contributed by atoms with Crippen LogP contribution in [0.25, 0.3) is 0 Å². The zero-order chi connectivity index (χ0) is 12.5. The Morgan fingerprint density at radius 3 is 2.38 bits per heavy atom. The summed E-state index contributed by atoms with van der Waals surface area (Å²) in [7, 11) is 0. The number of halogens is 5. The molecule has 0 unspecified atom stereocenters. The number of alkyl halides is 4. The smallest absolute Gasteiger partial charge is 0.287 e. The van der Waals surface area contributed by atoms with Crippen LogP contribution in [0.15, 0.2) is 18.2 Å². The number of carbonyl (C=O) groups excluding carboxylic acids is 1. The van der Waals surface area contributed by atoms with Crippen LogP contribution in [-0.4, -0.2) is 18.1 Å². The Labute approximate surface area is 87.9 Å². The number of benzene rings is 1. The number of hydrogen-bond donors (Lipinski definition) is 0. The molecule has 0 amide bonds. The Hall–Kier alpha value is -1.46. The summed E-state index contributed by atoms with van der Waals surface area (Å²) in [6.45, 7) is 1.43. The molecule has 0 heterocycles. The molecule has 0 aliphatic carbocycles. The van der Waals surface area contributed by atoms with Gasteiger partial charge in [-0.2, -0.15) is 8.78 Å². The third kappa shape index (κ3) is 2.20. The van der Waals surface area contributed by atoms with E-state index in [-0.39, 0.29) is 0 Å². The largest absolute Gasteiger partial charge is 0.368 e. The monoisotopic (exact) mass is 238 g/mol. The molecule has 0 bridgehead atoms. The van der Waals surface area contributed by atoms with Gasteiger partial charge in [-0.3, -0.25) is 4.79 Å². The van der Waals surface area contributed by atoms with E-state index in [1.165, 1.54) is 13.0 Å². The van der Waals surface area contributed by atoms with Gasteiger partial charge in [0.25, 0.3) is 0 Å². The summed E-state index contributed by atoms with van der Waals surface area (Å²) >= 11 is 0. The second-order valence-electron chi connectivity index (χ2n) is 3.24. The molecule has 1 nitrogen and oxygen atoms in total. The fourth-order valence-corrected chi connectivity index (χ4v) is 1.09. The molecule has 0 aliphatic rings. The first-order valence-electron chi connectivity index (χ1n) is 4.23. The third-order valence-electron chi connectivity index (χ3n) is 1.94. The highest BCUT2D eigenvalue weighted by molar-refractivity contribution is 6.02. The van der Waals surface area contributed by atoms with E-state index >= 15 is 0 Å². The van der Waals surface area contributed by atoms with Crippen LogP contribution in [0.5, 0.6) is 0 Å². The van der Waals surface area contributed by atoms with Crippen LogP contribution in [0.1, 0.15) is 15.9 Å². The van der Waals surface area contributed by atoms with Gasteiger partial charge in [-0.15, -0.1) is 0 Å². The molecule has 0 spiro atoms. The van der Waals surface area contributed by atoms with E-state index in [0.29, 0.717) is 5.56 Å². The molecule has 0 saturated carbocycles. The molecule has 0 N–H and O–H groups in total. The topological polar surface area (TPSA) is 17.1 Å². The fraction of sp³-hybridized carbons (Fsp3) is 0.300. The maximum atomic E-state index is 13.0. The average Bonchev–Trinajstić information content (AvgIpc) is 2.20. The van der Waals surface area contributed by atoms with Crippen molar-refractivity contribution < 1.29 is 26.7 Å². The fourth-order valence-electron chi connectivity index (χ4n) is 1.09. The van der Waals surface area contributed by atoms with Gasteiger partial charge < -0.3 is 0 Å². The van der Waals surface area contributed by atoms with Gasteiger partial charge in [0.15, 0.2) is 0 Å². The minimum absolute atomic E-state index is 0.329. The van der Waals surface area contributed by atoms with Crippen molar-refractivity contribution in [3.05, 3.63) is 35.1 Å². The maximum Gasteiger partial charge on any atom is 0.368 e. The summed E-state index contributed by atoms with van der Waals surface area (Å²) in [5.74, 6) is -8.31. The van der Waals surface area contributed by atoms with Crippen LogP contribution >= 0.6 is 0 Å². The Balaban J connectivity index is 3.19. The first kappa shape index (κ1) is 12.6. The summed E-state index contributed by atoms with van der Waals surface area (Å²) < 4.78 is 62.1. The highest BCUT2D eigenvalue weighted by atomic mass is 19.3. The van der Waals surface area contributed by atoms with Crippen molar-refractivity contribution in [2.45, 2.75) is 19.3 Å². The molecule has 1 rings (SSSR count). The van der Waals surface area contributed by atoms with Crippen molar-refractivity contribution in [3.8, 4) is 0 Å². The number of rotatable bonds is 3. The second kappa shape index (κ2) is 4.19. The molecular formula is C10H7F5O. The third-order valence-corrected chi connectivity index (χ3v) is 1.94. The van der Waals surface area contributed by atoms with Gasteiger partial charge >= 0.3 is 12.3 Å². The minimum atomic E-state index is -4.87. The Bertz CT molecular complexity index is 414. The zero-order valence-electron chi connectivity index (χ0n) is 8.11. The van der Waals surface area contributed by atoms with Crippen LogP contribution < -0.4 is 0 Å². The number of aryl methyl sites for hydroxylation is 1. The molecule has 16 heavy (non-hydrogen) atoms. The first-order valence-corrected chi connectivity index (χ1v) is 4.23. The lowest BCUT2D eigenvalue weighted by atomic mass is 10.0. The van der Waals surface area contributed by atoms with Crippen LogP contribution in [0.3, 0.4) is 0 Å². The van der Waals surface area contributed by atoms with Crippen LogP contribution in [0.4, 0.5) is 22.0 Å². The second-order valence-corrected chi connectivity index (χ2v) is 3.24. The van der Waals surface area contributed by atoms with E-state index in [1.54, 1.807) is 0 Å². The van der Waals surface area contributed by atoms with Gasteiger partial charge in [0.05, 0.1) is 5.56 Å². The lowest BCUT2D eigenvalue weighted by molar-refractivity contribution is -0.0959. The molecule has 1 aromatic rings. The van der Waals surface area contributed by atoms with Crippen LogP contribution in [0, 0.1) is 12.7 Å². The highest BCUT2D eigenvalue weighted by Gasteiger charge is 2.49. The van der Waals surface area contributed by atoms with Crippen molar-refractivity contribution >= 4 is 5.78 Å². The Kier molecular flexibility index (Phi) is 3.30. The van der Waals surface area contributed by atoms with Gasteiger partial charge in [0.2, 0.25) is 5.78 Å². The first-order chi connectivity index (χ1) is 7.26. The number of ketones is 1. The lowest BCUT2D eigenvalue weighted by Crippen LogP contribution is -2.37. The van der Waals surface area contributed by atoms with Crippen molar-refractivity contribution in [2.24, 2.45) is 0 Å².